The van der Waals surface area contributed by atoms with Gasteiger partial charge in [-0.25, -0.2) is 9.69 Å². The summed E-state index contributed by atoms with van der Waals surface area (Å²) in [6.45, 7) is 7.69. The van der Waals surface area contributed by atoms with E-state index in [1.54, 1.807) is 25.7 Å². The van der Waals surface area contributed by atoms with Gasteiger partial charge in [0, 0.05) is 19.5 Å². The van der Waals surface area contributed by atoms with Gasteiger partial charge in [-0.15, -0.1) is 0 Å². The SMILES string of the molecule is CC1C(O)N(c2nn(C)c(C(C)(C)C)c2C#N)C(=O)N1C. The average molecular weight is 291 g/mol. The Hall–Kier alpha value is -2.07. The molecule has 2 rings (SSSR count). The summed E-state index contributed by atoms with van der Waals surface area (Å²) in [5.74, 6) is 0.221. The van der Waals surface area contributed by atoms with Crippen molar-refractivity contribution in [3.63, 3.8) is 0 Å². The van der Waals surface area contributed by atoms with Gasteiger partial charge in [0.1, 0.15) is 11.6 Å². The number of nitriles is 1. The summed E-state index contributed by atoms with van der Waals surface area (Å²) >= 11 is 0. The topological polar surface area (TPSA) is 85.4 Å². The number of anilines is 1. The van der Waals surface area contributed by atoms with Crippen molar-refractivity contribution in [1.29, 1.82) is 5.26 Å². The molecule has 1 aromatic heterocycles. The van der Waals surface area contributed by atoms with Crippen molar-refractivity contribution in [2.45, 2.75) is 45.4 Å². The summed E-state index contributed by atoms with van der Waals surface area (Å²) in [5, 5.41) is 24.1. The zero-order valence-corrected chi connectivity index (χ0v) is 13.2. The molecule has 114 valence electrons. The first kappa shape index (κ1) is 15.3. The number of hydrogen-bond acceptors (Lipinski definition) is 4. The number of likely N-dealkylation sites (N-methyl/N-ethyl adjacent to an activating group) is 1. The van der Waals surface area contributed by atoms with Gasteiger partial charge in [-0.1, -0.05) is 20.8 Å². The Morgan fingerprint density at radius 2 is 1.90 bits per heavy atom. The van der Waals surface area contributed by atoms with Crippen LogP contribution in [0.15, 0.2) is 0 Å². The molecule has 2 amide bonds. The largest absolute Gasteiger partial charge is 0.371 e. The lowest BCUT2D eigenvalue weighted by molar-refractivity contribution is 0.138. The molecule has 1 aromatic rings. The molecule has 1 aliphatic rings. The Labute approximate surface area is 124 Å². The summed E-state index contributed by atoms with van der Waals surface area (Å²) in [7, 11) is 3.36. The minimum Gasteiger partial charge on any atom is -0.371 e. The van der Waals surface area contributed by atoms with Gasteiger partial charge in [0.05, 0.1) is 11.7 Å². The number of carbonyl (C=O) groups is 1. The van der Waals surface area contributed by atoms with E-state index in [0.717, 1.165) is 5.69 Å². The summed E-state index contributed by atoms with van der Waals surface area (Å²) in [6.07, 6.45) is -1.02. The van der Waals surface area contributed by atoms with Gasteiger partial charge in [-0.05, 0) is 6.92 Å². The monoisotopic (exact) mass is 291 g/mol. The summed E-state index contributed by atoms with van der Waals surface area (Å²) in [6, 6.07) is 1.42. The molecule has 1 saturated heterocycles. The fraction of sp³-hybridized carbons (Fsp3) is 0.643. The van der Waals surface area contributed by atoms with Crippen LogP contribution in [0.5, 0.6) is 0 Å². The molecule has 1 N–H and O–H groups in total. The summed E-state index contributed by atoms with van der Waals surface area (Å²) < 4.78 is 1.61. The van der Waals surface area contributed by atoms with Crippen molar-refractivity contribution >= 4 is 11.8 Å². The standard InChI is InChI=1S/C14H21N5O2/c1-8-12(20)19(13(21)17(8)5)11-9(7-15)10(14(2,3)4)18(6)16-11/h8,12,20H,1-6H3. The fourth-order valence-electron chi connectivity index (χ4n) is 2.73. The van der Waals surface area contributed by atoms with Crippen molar-refractivity contribution < 1.29 is 9.90 Å². The molecule has 1 aliphatic heterocycles. The van der Waals surface area contributed by atoms with Gasteiger partial charge >= 0.3 is 6.03 Å². The molecule has 2 unspecified atom stereocenters. The minimum absolute atomic E-state index is 0.221. The molecule has 0 saturated carbocycles. The van der Waals surface area contributed by atoms with Gasteiger partial charge < -0.3 is 10.0 Å². The first-order chi connectivity index (χ1) is 9.61. The van der Waals surface area contributed by atoms with E-state index in [9.17, 15) is 15.2 Å². The van der Waals surface area contributed by atoms with Crippen LogP contribution in [-0.4, -0.2) is 45.1 Å². The fourth-order valence-corrected chi connectivity index (χ4v) is 2.73. The van der Waals surface area contributed by atoms with Crippen LogP contribution in [0.4, 0.5) is 10.6 Å². The normalized spacial score (nSPS) is 22.9. The van der Waals surface area contributed by atoms with Gasteiger partial charge in [0.15, 0.2) is 12.0 Å². The molecule has 0 aromatic carbocycles. The predicted molar refractivity (Wildman–Crippen MR) is 77.7 cm³/mol. The van der Waals surface area contributed by atoms with E-state index >= 15 is 0 Å². The average Bonchev–Trinajstić information content (AvgIpc) is 2.80. The van der Waals surface area contributed by atoms with E-state index in [-0.39, 0.29) is 23.3 Å². The first-order valence-electron chi connectivity index (χ1n) is 6.83. The Balaban J connectivity index is 2.62. The quantitative estimate of drug-likeness (QED) is 0.841. The smallest absolute Gasteiger partial charge is 0.328 e. The number of aliphatic hydroxyl groups is 1. The number of carbonyl (C=O) groups excluding carboxylic acids is 1. The van der Waals surface area contributed by atoms with E-state index in [0.29, 0.717) is 5.56 Å². The number of urea groups is 1. The second-order valence-electron chi connectivity index (χ2n) is 6.45. The molecular weight excluding hydrogens is 270 g/mol. The number of aryl methyl sites for hydroxylation is 1. The second-order valence-corrected chi connectivity index (χ2v) is 6.45. The number of aliphatic hydroxyl groups excluding tert-OH is 1. The maximum Gasteiger partial charge on any atom is 0.328 e. The summed E-state index contributed by atoms with van der Waals surface area (Å²) in [4.78, 5) is 14.9. The maximum atomic E-state index is 12.3. The molecule has 7 nitrogen and oxygen atoms in total. The van der Waals surface area contributed by atoms with Crippen LogP contribution in [0.2, 0.25) is 0 Å². The highest BCUT2D eigenvalue weighted by atomic mass is 16.3. The highest BCUT2D eigenvalue weighted by Gasteiger charge is 2.44. The van der Waals surface area contributed by atoms with Crippen molar-refractivity contribution in [3.8, 4) is 6.07 Å². The third-order valence-corrected chi connectivity index (χ3v) is 3.89. The van der Waals surface area contributed by atoms with Crippen LogP contribution < -0.4 is 4.90 Å². The maximum absolute atomic E-state index is 12.3. The number of nitrogens with zero attached hydrogens (tertiary/aromatic N) is 5. The predicted octanol–water partition coefficient (Wildman–Crippen LogP) is 1.17. The third kappa shape index (κ3) is 2.16. The van der Waals surface area contributed by atoms with Crippen molar-refractivity contribution in [2.24, 2.45) is 7.05 Å². The lowest BCUT2D eigenvalue weighted by atomic mass is 9.89. The van der Waals surface area contributed by atoms with Gasteiger partial charge in [0.25, 0.3) is 0 Å². The Morgan fingerprint density at radius 1 is 1.33 bits per heavy atom. The molecule has 0 spiro atoms. The summed E-state index contributed by atoms with van der Waals surface area (Å²) in [5.41, 5.74) is 0.776. The molecule has 0 bridgehead atoms. The van der Waals surface area contributed by atoms with Crippen LogP contribution >= 0.6 is 0 Å². The highest BCUT2D eigenvalue weighted by molar-refractivity contribution is 5.95. The molecule has 21 heavy (non-hydrogen) atoms. The van der Waals surface area contributed by atoms with E-state index in [4.69, 9.17) is 0 Å². The van der Waals surface area contributed by atoms with Gasteiger partial charge in [0.2, 0.25) is 0 Å². The minimum atomic E-state index is -1.02. The number of amides is 2. The number of hydrogen-bond donors (Lipinski definition) is 1. The lowest BCUT2D eigenvalue weighted by Gasteiger charge is -2.20. The Morgan fingerprint density at radius 3 is 2.29 bits per heavy atom. The van der Waals surface area contributed by atoms with Crippen molar-refractivity contribution in [3.05, 3.63) is 11.3 Å². The number of aromatic nitrogens is 2. The first-order valence-corrected chi connectivity index (χ1v) is 6.83. The van der Waals surface area contributed by atoms with Crippen molar-refractivity contribution in [2.75, 3.05) is 11.9 Å². The van der Waals surface area contributed by atoms with E-state index < -0.39 is 6.23 Å². The Bertz CT molecular complexity index is 623. The lowest BCUT2D eigenvalue weighted by Crippen LogP contribution is -2.36. The van der Waals surface area contributed by atoms with E-state index in [2.05, 4.69) is 11.2 Å². The van der Waals surface area contributed by atoms with Crippen LogP contribution in [-0.2, 0) is 12.5 Å². The van der Waals surface area contributed by atoms with Crippen LogP contribution in [0, 0.1) is 11.3 Å². The van der Waals surface area contributed by atoms with E-state index in [1.807, 2.05) is 20.8 Å². The zero-order valence-electron chi connectivity index (χ0n) is 13.2. The van der Waals surface area contributed by atoms with Crippen LogP contribution in [0.3, 0.4) is 0 Å². The second kappa shape index (κ2) is 4.74. The van der Waals surface area contributed by atoms with Crippen LogP contribution in [0.1, 0.15) is 39.0 Å². The molecule has 0 radical (unpaired) electrons. The molecule has 2 heterocycles. The molecule has 0 aliphatic carbocycles. The third-order valence-electron chi connectivity index (χ3n) is 3.89. The van der Waals surface area contributed by atoms with Crippen LogP contribution in [0.25, 0.3) is 0 Å². The highest BCUT2D eigenvalue weighted by Crippen LogP contribution is 2.34. The van der Waals surface area contributed by atoms with Crippen molar-refractivity contribution in [1.82, 2.24) is 14.7 Å². The number of rotatable bonds is 1. The molecular formula is C14H21N5O2. The zero-order chi connectivity index (χ0) is 16.1. The van der Waals surface area contributed by atoms with Gasteiger partial charge in [-0.2, -0.15) is 10.4 Å². The molecule has 1 fully saturated rings. The van der Waals surface area contributed by atoms with E-state index in [1.165, 1.54) is 9.80 Å². The molecule has 2 atom stereocenters. The molecule has 7 heteroatoms. The van der Waals surface area contributed by atoms with Gasteiger partial charge in [-0.3, -0.25) is 4.68 Å². The Kier molecular flexibility index (Phi) is 3.46.